The summed E-state index contributed by atoms with van der Waals surface area (Å²) >= 11 is 1.93. The molecule has 0 aliphatic heterocycles. The van der Waals surface area contributed by atoms with Gasteiger partial charge >= 0.3 is 5.97 Å². The highest BCUT2D eigenvalue weighted by molar-refractivity contribution is 7.99. The number of thiophene rings is 1. The minimum atomic E-state index is -1.01. The lowest BCUT2D eigenvalue weighted by Crippen LogP contribution is -2.12. The number of nitrogens with one attached hydrogen (secondary N) is 1. The Morgan fingerprint density at radius 3 is 2.79 bits per heavy atom. The van der Waals surface area contributed by atoms with E-state index in [9.17, 15) is 14.4 Å². The van der Waals surface area contributed by atoms with Gasteiger partial charge < -0.3 is 15.8 Å². The van der Waals surface area contributed by atoms with Crippen LogP contribution in [0.25, 0.3) is 10.2 Å². The van der Waals surface area contributed by atoms with Crippen molar-refractivity contribution in [3.05, 3.63) is 20.8 Å². The Kier molecular flexibility index (Phi) is 3.58. The smallest absolute Gasteiger partial charge is 0.313 e. The molecular weight excluding hydrogens is 290 g/mol. The van der Waals surface area contributed by atoms with Gasteiger partial charge in [0.1, 0.15) is 4.83 Å². The van der Waals surface area contributed by atoms with Crippen molar-refractivity contribution in [2.45, 2.75) is 12.1 Å². The minimum Gasteiger partial charge on any atom is -0.481 e. The summed E-state index contributed by atoms with van der Waals surface area (Å²) in [5.41, 5.74) is 5.31. The fourth-order valence-electron chi connectivity index (χ4n) is 1.56. The number of thioether (sulfide) groups is 1. The molecule has 0 atom stereocenters. The molecule has 0 aromatic carbocycles. The summed E-state index contributed by atoms with van der Waals surface area (Å²) in [5.74, 6) is -1.82. The van der Waals surface area contributed by atoms with E-state index in [2.05, 4.69) is 9.97 Å². The predicted molar refractivity (Wildman–Crippen MR) is 71.9 cm³/mol. The Morgan fingerprint density at radius 2 is 2.21 bits per heavy atom. The van der Waals surface area contributed by atoms with Crippen LogP contribution in [0.1, 0.15) is 15.2 Å². The molecule has 1 amide bonds. The maximum atomic E-state index is 11.9. The first-order valence-electron chi connectivity index (χ1n) is 5.08. The Hall–Kier alpha value is -1.87. The summed E-state index contributed by atoms with van der Waals surface area (Å²) in [6, 6.07) is 0. The zero-order valence-electron chi connectivity index (χ0n) is 9.72. The third kappa shape index (κ3) is 2.61. The molecule has 0 saturated heterocycles. The number of carbonyl (C=O) groups is 2. The number of aromatic nitrogens is 2. The number of hydrogen-bond donors (Lipinski definition) is 3. The van der Waals surface area contributed by atoms with Crippen molar-refractivity contribution < 1.29 is 14.7 Å². The molecule has 0 aliphatic carbocycles. The minimum absolute atomic E-state index is 0.206. The molecule has 2 aromatic rings. The van der Waals surface area contributed by atoms with Gasteiger partial charge in [-0.05, 0) is 12.5 Å². The van der Waals surface area contributed by atoms with Crippen molar-refractivity contribution in [3.8, 4) is 0 Å². The molecule has 0 spiro atoms. The second-order valence-electron chi connectivity index (χ2n) is 3.65. The number of nitrogens with zero attached hydrogens (tertiary/aromatic N) is 1. The van der Waals surface area contributed by atoms with Crippen LogP contribution in [-0.4, -0.2) is 32.7 Å². The lowest BCUT2D eigenvalue weighted by molar-refractivity contribution is -0.133. The van der Waals surface area contributed by atoms with Crippen molar-refractivity contribution in [1.82, 2.24) is 9.97 Å². The number of carboxylic acids is 1. The molecule has 0 bridgehead atoms. The number of primary amides is 1. The van der Waals surface area contributed by atoms with E-state index < -0.39 is 17.4 Å². The highest BCUT2D eigenvalue weighted by Gasteiger charge is 2.17. The molecule has 2 aromatic heterocycles. The molecule has 2 heterocycles. The van der Waals surface area contributed by atoms with Crippen LogP contribution in [0, 0.1) is 6.92 Å². The summed E-state index contributed by atoms with van der Waals surface area (Å²) in [5, 5.41) is 9.10. The number of carboxylic acid groups (broad SMARTS) is 1. The van der Waals surface area contributed by atoms with Gasteiger partial charge in [0.25, 0.3) is 11.5 Å². The van der Waals surface area contributed by atoms with Crippen molar-refractivity contribution in [2.75, 3.05) is 5.75 Å². The standard InChI is InChI=1S/C10H9N3O4S2/c1-3-5-8(17)12-10(18-2-4(14)15)13-9(5)19-6(3)7(11)16/h2H2,1H3,(H2,11,16)(H,14,15)(H,12,13,17). The monoisotopic (exact) mass is 299 g/mol. The maximum absolute atomic E-state index is 11.9. The molecular formula is C10H9N3O4S2. The van der Waals surface area contributed by atoms with Crippen molar-refractivity contribution in [2.24, 2.45) is 5.73 Å². The number of carbonyl (C=O) groups excluding carboxylic acids is 1. The van der Waals surface area contributed by atoms with Gasteiger partial charge in [-0.25, -0.2) is 4.98 Å². The quantitative estimate of drug-likeness (QED) is 0.559. The van der Waals surface area contributed by atoms with E-state index in [4.69, 9.17) is 10.8 Å². The van der Waals surface area contributed by atoms with Crippen LogP contribution in [0.15, 0.2) is 9.95 Å². The van der Waals surface area contributed by atoms with Crippen LogP contribution in [0.3, 0.4) is 0 Å². The topological polar surface area (TPSA) is 126 Å². The van der Waals surface area contributed by atoms with E-state index in [0.29, 0.717) is 15.8 Å². The average Bonchev–Trinajstić information content (AvgIpc) is 2.64. The first kappa shape index (κ1) is 13.6. The molecule has 7 nitrogen and oxygen atoms in total. The third-order valence-corrected chi connectivity index (χ3v) is 4.39. The number of fused-ring (bicyclic) bond motifs is 1. The highest BCUT2D eigenvalue weighted by Crippen LogP contribution is 2.27. The van der Waals surface area contributed by atoms with Gasteiger partial charge in [-0.15, -0.1) is 11.3 Å². The van der Waals surface area contributed by atoms with Crippen LogP contribution in [0.2, 0.25) is 0 Å². The largest absolute Gasteiger partial charge is 0.481 e. The van der Waals surface area contributed by atoms with Gasteiger partial charge in [0.15, 0.2) is 5.16 Å². The first-order chi connectivity index (χ1) is 8.90. The zero-order chi connectivity index (χ0) is 14.2. The Balaban J connectivity index is 2.55. The first-order valence-corrected chi connectivity index (χ1v) is 6.88. The number of nitrogens with two attached hydrogens (primary N) is 1. The molecule has 100 valence electrons. The van der Waals surface area contributed by atoms with Gasteiger partial charge in [-0.3, -0.25) is 14.4 Å². The summed E-state index contributed by atoms with van der Waals surface area (Å²) in [7, 11) is 0. The Bertz CT molecular complexity index is 734. The van der Waals surface area contributed by atoms with Crippen molar-refractivity contribution in [1.29, 1.82) is 0 Å². The van der Waals surface area contributed by atoms with E-state index in [1.165, 1.54) is 0 Å². The number of aryl methyl sites for hydroxylation is 1. The fraction of sp³-hybridized carbons (Fsp3) is 0.200. The Morgan fingerprint density at radius 1 is 1.53 bits per heavy atom. The van der Waals surface area contributed by atoms with E-state index in [-0.39, 0.29) is 15.8 Å². The molecule has 0 radical (unpaired) electrons. The number of rotatable bonds is 4. The van der Waals surface area contributed by atoms with E-state index in [1.807, 2.05) is 0 Å². The molecule has 2 rings (SSSR count). The number of H-pyrrole nitrogens is 1. The van der Waals surface area contributed by atoms with Crippen LogP contribution in [-0.2, 0) is 4.79 Å². The van der Waals surface area contributed by atoms with Gasteiger partial charge in [0, 0.05) is 0 Å². The zero-order valence-corrected chi connectivity index (χ0v) is 11.4. The number of aromatic amines is 1. The third-order valence-electron chi connectivity index (χ3n) is 2.33. The number of amides is 1. The summed E-state index contributed by atoms with van der Waals surface area (Å²) < 4.78 is 0. The second kappa shape index (κ2) is 5.02. The van der Waals surface area contributed by atoms with Crippen LogP contribution in [0.5, 0.6) is 0 Å². The molecule has 0 unspecified atom stereocenters. The van der Waals surface area contributed by atoms with E-state index in [0.717, 1.165) is 23.1 Å². The predicted octanol–water partition coefficient (Wildman–Crippen LogP) is 0.569. The van der Waals surface area contributed by atoms with Gasteiger partial charge in [-0.1, -0.05) is 11.8 Å². The molecule has 19 heavy (non-hydrogen) atoms. The lowest BCUT2D eigenvalue weighted by atomic mass is 10.2. The van der Waals surface area contributed by atoms with E-state index >= 15 is 0 Å². The second-order valence-corrected chi connectivity index (χ2v) is 5.62. The Labute approximate surface area is 114 Å². The van der Waals surface area contributed by atoms with Crippen molar-refractivity contribution >= 4 is 45.2 Å². The van der Waals surface area contributed by atoms with Gasteiger partial charge in [0.2, 0.25) is 0 Å². The highest BCUT2D eigenvalue weighted by atomic mass is 32.2. The van der Waals surface area contributed by atoms with E-state index in [1.54, 1.807) is 6.92 Å². The molecule has 4 N–H and O–H groups in total. The van der Waals surface area contributed by atoms with Crippen LogP contribution < -0.4 is 11.3 Å². The summed E-state index contributed by atoms with van der Waals surface area (Å²) in [6.07, 6.45) is 0. The SMILES string of the molecule is Cc1c(C(N)=O)sc2nc(SCC(=O)O)[nH]c(=O)c12. The average molecular weight is 299 g/mol. The van der Waals surface area contributed by atoms with Crippen LogP contribution in [0.4, 0.5) is 0 Å². The maximum Gasteiger partial charge on any atom is 0.313 e. The lowest BCUT2D eigenvalue weighted by Gasteiger charge is -1.97. The summed E-state index contributed by atoms with van der Waals surface area (Å²) in [4.78, 5) is 40.9. The number of aliphatic carboxylic acids is 1. The van der Waals surface area contributed by atoms with Gasteiger partial charge in [0.05, 0.1) is 16.0 Å². The molecule has 0 fully saturated rings. The number of hydrogen-bond acceptors (Lipinski definition) is 6. The van der Waals surface area contributed by atoms with Crippen molar-refractivity contribution in [3.63, 3.8) is 0 Å². The molecule has 0 saturated carbocycles. The molecule has 0 aliphatic rings. The molecule has 9 heteroatoms. The van der Waals surface area contributed by atoms with Crippen LogP contribution >= 0.6 is 23.1 Å². The van der Waals surface area contributed by atoms with Gasteiger partial charge in [-0.2, -0.15) is 0 Å². The fourth-order valence-corrected chi connectivity index (χ4v) is 3.23. The normalized spacial score (nSPS) is 10.8. The summed E-state index contributed by atoms with van der Waals surface area (Å²) in [6.45, 7) is 1.62.